The average Bonchev–Trinajstić information content (AvgIpc) is 3.50. The van der Waals surface area contributed by atoms with Crippen LogP contribution in [0.1, 0.15) is 20.4 Å². The first kappa shape index (κ1) is 21.2. The van der Waals surface area contributed by atoms with Crippen LogP contribution in [0.2, 0.25) is 0 Å². The van der Waals surface area contributed by atoms with Crippen molar-refractivity contribution in [2.75, 3.05) is 0 Å². The highest BCUT2D eigenvalue weighted by Gasteiger charge is 2.15. The third kappa shape index (κ3) is 4.73. The summed E-state index contributed by atoms with van der Waals surface area (Å²) in [5, 5.41) is 17.9. The van der Waals surface area contributed by atoms with E-state index >= 15 is 0 Å². The topological polar surface area (TPSA) is 98.5 Å². The molecule has 0 atom stereocenters. The summed E-state index contributed by atoms with van der Waals surface area (Å²) in [6.07, 6.45) is 3.26. The van der Waals surface area contributed by atoms with E-state index in [1.165, 1.54) is 41.6 Å². The minimum Gasteiger partial charge on any atom is -0.346 e. The number of nitrogens with zero attached hydrogens (tertiary/aromatic N) is 6. The third-order valence-corrected chi connectivity index (χ3v) is 6.81. The van der Waals surface area contributed by atoms with Gasteiger partial charge in [0.05, 0.1) is 23.0 Å². The van der Waals surface area contributed by atoms with Crippen molar-refractivity contribution < 1.29 is 9.18 Å². The van der Waals surface area contributed by atoms with E-state index in [1.54, 1.807) is 23.0 Å². The molecular weight excluding hydrogens is 461 g/mol. The van der Waals surface area contributed by atoms with Crippen molar-refractivity contribution >= 4 is 40.0 Å². The fourth-order valence-corrected chi connectivity index (χ4v) is 4.79. The second kappa shape index (κ2) is 9.43. The number of thioether (sulfide) groups is 1. The molecule has 5 rings (SSSR count). The molecule has 0 spiro atoms. The number of nitrogens with one attached hydrogen (secondary N) is 1. The molecule has 0 radical (unpaired) electrons. The van der Waals surface area contributed by atoms with Gasteiger partial charge in [-0.2, -0.15) is 5.10 Å². The standard InChI is InChI=1S/C22H16FN7OS2/c23-15-8-6-14(7-9-15)10-24-20(31)22-29-28-18(33-22)12-32-21-17-11-27-30(19(17)25-13-26-21)16-4-2-1-3-5-16/h1-9,11,13H,10,12H2,(H,24,31). The Morgan fingerprint density at radius 1 is 1.06 bits per heavy atom. The Morgan fingerprint density at radius 2 is 1.88 bits per heavy atom. The van der Waals surface area contributed by atoms with Crippen LogP contribution in [0.15, 0.2) is 72.1 Å². The summed E-state index contributed by atoms with van der Waals surface area (Å²) in [4.78, 5) is 21.1. The number of carbonyl (C=O) groups is 1. The molecule has 2 aromatic carbocycles. The highest BCUT2D eigenvalue weighted by Crippen LogP contribution is 2.29. The molecule has 0 saturated carbocycles. The quantitative estimate of drug-likeness (QED) is 0.279. The molecule has 3 aromatic heterocycles. The Labute approximate surface area is 195 Å². The van der Waals surface area contributed by atoms with Crippen molar-refractivity contribution in [1.82, 2.24) is 35.3 Å². The zero-order chi connectivity index (χ0) is 22.6. The largest absolute Gasteiger partial charge is 0.346 e. The molecular formula is C22H16FN7OS2. The average molecular weight is 478 g/mol. The van der Waals surface area contributed by atoms with Gasteiger partial charge in [-0.05, 0) is 29.8 Å². The highest BCUT2D eigenvalue weighted by molar-refractivity contribution is 7.98. The lowest BCUT2D eigenvalue weighted by Gasteiger charge is -2.03. The van der Waals surface area contributed by atoms with Gasteiger partial charge in [-0.15, -0.1) is 10.2 Å². The first-order valence-corrected chi connectivity index (χ1v) is 11.7. The monoisotopic (exact) mass is 477 g/mol. The van der Waals surface area contributed by atoms with Crippen molar-refractivity contribution in [3.8, 4) is 5.69 Å². The van der Waals surface area contributed by atoms with Crippen LogP contribution in [0.25, 0.3) is 16.7 Å². The van der Waals surface area contributed by atoms with Crippen molar-refractivity contribution in [3.05, 3.63) is 88.5 Å². The van der Waals surface area contributed by atoms with Crippen molar-refractivity contribution in [2.45, 2.75) is 17.3 Å². The number of hydrogen-bond acceptors (Lipinski definition) is 8. The number of amides is 1. The van der Waals surface area contributed by atoms with Gasteiger partial charge in [-0.25, -0.2) is 19.0 Å². The summed E-state index contributed by atoms with van der Waals surface area (Å²) in [5.74, 6) is -0.128. The zero-order valence-electron chi connectivity index (χ0n) is 17.1. The minimum atomic E-state index is -0.318. The van der Waals surface area contributed by atoms with Gasteiger partial charge in [0.1, 0.15) is 22.2 Å². The molecule has 0 saturated heterocycles. The second-order valence-electron chi connectivity index (χ2n) is 6.91. The van der Waals surface area contributed by atoms with Gasteiger partial charge in [0.15, 0.2) is 5.65 Å². The van der Waals surface area contributed by atoms with Gasteiger partial charge in [0.25, 0.3) is 5.91 Å². The number of para-hydroxylation sites is 1. The van der Waals surface area contributed by atoms with Gasteiger partial charge < -0.3 is 5.32 Å². The van der Waals surface area contributed by atoms with Crippen LogP contribution in [-0.2, 0) is 12.3 Å². The van der Waals surface area contributed by atoms with E-state index in [0.717, 1.165) is 27.3 Å². The van der Waals surface area contributed by atoms with Crippen LogP contribution >= 0.6 is 23.1 Å². The molecule has 3 heterocycles. The fourth-order valence-electron chi connectivity index (χ4n) is 3.09. The molecule has 0 fully saturated rings. The maximum Gasteiger partial charge on any atom is 0.282 e. The normalized spacial score (nSPS) is 11.1. The highest BCUT2D eigenvalue weighted by atomic mass is 32.2. The van der Waals surface area contributed by atoms with Gasteiger partial charge in [-0.1, -0.05) is 53.4 Å². The maximum atomic E-state index is 13.0. The number of carbonyl (C=O) groups excluding carboxylic acids is 1. The molecule has 33 heavy (non-hydrogen) atoms. The van der Waals surface area contributed by atoms with Crippen molar-refractivity contribution in [1.29, 1.82) is 0 Å². The summed E-state index contributed by atoms with van der Waals surface area (Å²) in [7, 11) is 0. The van der Waals surface area contributed by atoms with Gasteiger partial charge in [0, 0.05) is 6.54 Å². The van der Waals surface area contributed by atoms with Crippen LogP contribution < -0.4 is 5.32 Å². The summed E-state index contributed by atoms with van der Waals surface area (Å²) >= 11 is 2.71. The molecule has 0 bridgehead atoms. The predicted octanol–water partition coefficient (Wildman–Crippen LogP) is 4.03. The molecule has 0 unspecified atom stereocenters. The zero-order valence-corrected chi connectivity index (χ0v) is 18.7. The van der Waals surface area contributed by atoms with Gasteiger partial charge in [0.2, 0.25) is 5.01 Å². The molecule has 5 aromatic rings. The first-order valence-electron chi connectivity index (χ1n) is 9.89. The van der Waals surface area contributed by atoms with Crippen LogP contribution in [0, 0.1) is 5.82 Å². The Kier molecular flexibility index (Phi) is 6.05. The molecule has 8 nitrogen and oxygen atoms in total. The maximum absolute atomic E-state index is 13.0. The molecule has 164 valence electrons. The van der Waals surface area contributed by atoms with E-state index < -0.39 is 0 Å². The third-order valence-electron chi connectivity index (χ3n) is 4.69. The van der Waals surface area contributed by atoms with E-state index in [-0.39, 0.29) is 23.3 Å². The van der Waals surface area contributed by atoms with E-state index in [2.05, 4.69) is 30.6 Å². The van der Waals surface area contributed by atoms with Gasteiger partial charge >= 0.3 is 0 Å². The first-order chi connectivity index (χ1) is 16.2. The molecule has 11 heteroatoms. The predicted molar refractivity (Wildman–Crippen MR) is 124 cm³/mol. The summed E-state index contributed by atoms with van der Waals surface area (Å²) < 4.78 is 14.8. The number of halogens is 1. The molecule has 1 amide bonds. The lowest BCUT2D eigenvalue weighted by atomic mass is 10.2. The van der Waals surface area contributed by atoms with Crippen LogP contribution in [0.4, 0.5) is 4.39 Å². The van der Waals surface area contributed by atoms with Crippen LogP contribution in [-0.4, -0.2) is 35.9 Å². The van der Waals surface area contributed by atoms with E-state index in [9.17, 15) is 9.18 Å². The summed E-state index contributed by atoms with van der Waals surface area (Å²) in [6, 6.07) is 15.7. The lowest BCUT2D eigenvalue weighted by Crippen LogP contribution is -2.22. The Morgan fingerprint density at radius 3 is 2.70 bits per heavy atom. The molecule has 0 aliphatic carbocycles. The van der Waals surface area contributed by atoms with E-state index in [1.807, 2.05) is 30.3 Å². The van der Waals surface area contributed by atoms with Crippen molar-refractivity contribution in [3.63, 3.8) is 0 Å². The molecule has 0 aliphatic rings. The molecule has 1 N–H and O–H groups in total. The number of rotatable bonds is 7. The smallest absolute Gasteiger partial charge is 0.282 e. The number of hydrogen-bond donors (Lipinski definition) is 1. The van der Waals surface area contributed by atoms with Crippen LogP contribution in [0.5, 0.6) is 0 Å². The number of benzene rings is 2. The van der Waals surface area contributed by atoms with Crippen LogP contribution in [0.3, 0.4) is 0 Å². The molecule has 0 aliphatic heterocycles. The SMILES string of the molecule is O=C(NCc1ccc(F)cc1)c1nnc(CSc2ncnc3c2cnn3-c2ccccc2)s1. The van der Waals surface area contributed by atoms with Crippen molar-refractivity contribution in [2.24, 2.45) is 0 Å². The van der Waals surface area contributed by atoms with Gasteiger partial charge in [-0.3, -0.25) is 4.79 Å². The summed E-state index contributed by atoms with van der Waals surface area (Å²) in [5.41, 5.74) is 2.44. The van der Waals surface area contributed by atoms with E-state index in [4.69, 9.17) is 0 Å². The summed E-state index contributed by atoms with van der Waals surface area (Å²) in [6.45, 7) is 0.285. The minimum absolute atomic E-state index is 0.275. The van der Waals surface area contributed by atoms with E-state index in [0.29, 0.717) is 10.8 Å². The number of aromatic nitrogens is 6. The number of fused-ring (bicyclic) bond motifs is 1. The fraction of sp³-hybridized carbons (Fsp3) is 0.0909. The lowest BCUT2D eigenvalue weighted by molar-refractivity contribution is 0.0950. The Bertz CT molecular complexity index is 1400. The Balaban J connectivity index is 1.24. The Hall–Kier alpha value is -3.70. The second-order valence-corrected chi connectivity index (χ2v) is 8.93.